The van der Waals surface area contributed by atoms with E-state index in [0.717, 1.165) is 15.9 Å². The predicted octanol–water partition coefficient (Wildman–Crippen LogP) is 2.53. The summed E-state index contributed by atoms with van der Waals surface area (Å²) in [6, 6.07) is 9.96. The van der Waals surface area contributed by atoms with Crippen LogP contribution in [-0.4, -0.2) is 24.4 Å². The Labute approximate surface area is 86.5 Å². The summed E-state index contributed by atoms with van der Waals surface area (Å²) in [6.07, 6.45) is 0. The van der Waals surface area contributed by atoms with Crippen LogP contribution in [0.3, 0.4) is 0 Å². The smallest absolute Gasteiger partial charge is 0.126 e. The maximum Gasteiger partial charge on any atom is 0.126 e. The average Bonchev–Trinajstić information content (AvgIpc) is 2.20. The second-order valence-electron chi connectivity index (χ2n) is 2.45. The van der Waals surface area contributed by atoms with Crippen LogP contribution >= 0.6 is 15.9 Å². The summed E-state index contributed by atoms with van der Waals surface area (Å²) in [6.45, 7) is 0. The molecule has 0 amide bonds. The number of halogens is 1. The van der Waals surface area contributed by atoms with Gasteiger partial charge in [-0.05, 0) is 15.9 Å². The zero-order valence-electron chi connectivity index (χ0n) is 7.66. The van der Waals surface area contributed by atoms with E-state index in [9.17, 15) is 0 Å². The Bertz CT molecular complexity index is 328. The summed E-state index contributed by atoms with van der Waals surface area (Å²) >= 11 is 3.36. The summed E-state index contributed by atoms with van der Waals surface area (Å²) in [5.41, 5.74) is 1.95. The fourth-order valence-electron chi connectivity index (χ4n) is 1.04. The molecule has 0 bridgehead atoms. The molecule has 0 radical (unpaired) electrons. The van der Waals surface area contributed by atoms with Crippen LogP contribution in [0, 0.1) is 0 Å². The number of benzene rings is 1. The van der Waals surface area contributed by atoms with Crippen LogP contribution in [0.5, 0.6) is 0 Å². The SMILES string of the molecule is CN=C(Br)C(=NC)c1ccccc1. The molecular weight excluding hydrogens is 228 g/mol. The number of rotatable bonds is 2. The van der Waals surface area contributed by atoms with E-state index in [2.05, 4.69) is 25.9 Å². The Kier molecular flexibility index (Phi) is 3.83. The van der Waals surface area contributed by atoms with E-state index >= 15 is 0 Å². The van der Waals surface area contributed by atoms with Crippen molar-refractivity contribution in [2.75, 3.05) is 14.1 Å². The Balaban J connectivity index is 3.07. The molecule has 0 aliphatic heterocycles. The van der Waals surface area contributed by atoms with E-state index in [1.54, 1.807) is 14.1 Å². The van der Waals surface area contributed by atoms with Gasteiger partial charge in [0.2, 0.25) is 0 Å². The zero-order valence-corrected chi connectivity index (χ0v) is 9.25. The molecule has 1 rings (SSSR count). The third-order valence-electron chi connectivity index (χ3n) is 1.66. The van der Waals surface area contributed by atoms with Crippen LogP contribution < -0.4 is 0 Å². The van der Waals surface area contributed by atoms with Gasteiger partial charge in [-0.15, -0.1) is 0 Å². The van der Waals surface area contributed by atoms with Crippen LogP contribution in [0.1, 0.15) is 5.56 Å². The van der Waals surface area contributed by atoms with E-state index in [-0.39, 0.29) is 0 Å². The Morgan fingerprint density at radius 2 is 1.69 bits per heavy atom. The monoisotopic (exact) mass is 238 g/mol. The minimum Gasteiger partial charge on any atom is -0.285 e. The van der Waals surface area contributed by atoms with Crippen LogP contribution in [0.25, 0.3) is 0 Å². The first kappa shape index (κ1) is 10.1. The van der Waals surface area contributed by atoms with Crippen molar-refractivity contribution in [3.05, 3.63) is 35.9 Å². The largest absolute Gasteiger partial charge is 0.285 e. The Morgan fingerprint density at radius 1 is 1.08 bits per heavy atom. The lowest BCUT2D eigenvalue weighted by Gasteiger charge is -2.02. The van der Waals surface area contributed by atoms with Gasteiger partial charge in [-0.25, -0.2) is 0 Å². The number of hydrogen-bond donors (Lipinski definition) is 0. The lowest BCUT2D eigenvalue weighted by atomic mass is 10.1. The van der Waals surface area contributed by atoms with Crippen molar-refractivity contribution in [2.45, 2.75) is 0 Å². The van der Waals surface area contributed by atoms with Crippen molar-refractivity contribution in [3.63, 3.8) is 0 Å². The summed E-state index contributed by atoms with van der Waals surface area (Å²) in [4.78, 5) is 8.21. The van der Waals surface area contributed by atoms with Crippen LogP contribution in [0.2, 0.25) is 0 Å². The van der Waals surface area contributed by atoms with Crippen molar-refractivity contribution >= 4 is 26.3 Å². The third kappa shape index (κ3) is 2.49. The standard InChI is InChI=1S/C10H11BrN2/c1-12-9(10(11)13-2)8-6-4-3-5-7-8/h3-7H,1-2H3. The van der Waals surface area contributed by atoms with E-state index in [4.69, 9.17) is 0 Å². The van der Waals surface area contributed by atoms with E-state index in [1.807, 2.05) is 30.3 Å². The lowest BCUT2D eigenvalue weighted by molar-refractivity contribution is 1.43. The predicted molar refractivity (Wildman–Crippen MR) is 61.2 cm³/mol. The van der Waals surface area contributed by atoms with Gasteiger partial charge in [0.25, 0.3) is 0 Å². The fraction of sp³-hybridized carbons (Fsp3) is 0.200. The molecule has 0 aliphatic carbocycles. The van der Waals surface area contributed by atoms with Crippen molar-refractivity contribution < 1.29 is 0 Å². The Hall–Kier alpha value is -0.960. The van der Waals surface area contributed by atoms with Crippen molar-refractivity contribution in [2.24, 2.45) is 9.98 Å². The number of hydrogen-bond acceptors (Lipinski definition) is 2. The molecule has 0 saturated carbocycles. The molecule has 1 aromatic carbocycles. The van der Waals surface area contributed by atoms with E-state index in [1.165, 1.54) is 0 Å². The van der Waals surface area contributed by atoms with Gasteiger partial charge in [0.05, 0.1) is 5.71 Å². The van der Waals surface area contributed by atoms with Gasteiger partial charge >= 0.3 is 0 Å². The molecule has 0 unspecified atom stereocenters. The Morgan fingerprint density at radius 3 is 2.15 bits per heavy atom. The maximum atomic E-state index is 4.17. The first-order valence-corrected chi connectivity index (χ1v) is 4.73. The topological polar surface area (TPSA) is 24.7 Å². The minimum atomic E-state index is 0.779. The first-order chi connectivity index (χ1) is 6.29. The van der Waals surface area contributed by atoms with E-state index < -0.39 is 0 Å². The molecule has 3 heteroatoms. The van der Waals surface area contributed by atoms with Crippen LogP contribution in [0.4, 0.5) is 0 Å². The molecule has 0 aromatic heterocycles. The molecule has 0 fully saturated rings. The van der Waals surface area contributed by atoms with Gasteiger partial charge in [-0.1, -0.05) is 30.3 Å². The highest BCUT2D eigenvalue weighted by molar-refractivity contribution is 9.19. The van der Waals surface area contributed by atoms with Crippen molar-refractivity contribution in [1.29, 1.82) is 0 Å². The number of nitrogens with zero attached hydrogens (tertiary/aromatic N) is 2. The zero-order chi connectivity index (χ0) is 9.68. The van der Waals surface area contributed by atoms with Gasteiger partial charge in [0, 0.05) is 19.7 Å². The molecule has 0 spiro atoms. The van der Waals surface area contributed by atoms with Gasteiger partial charge in [-0.2, -0.15) is 0 Å². The summed E-state index contributed by atoms with van der Waals surface area (Å²) in [7, 11) is 3.49. The molecule has 2 nitrogen and oxygen atoms in total. The second-order valence-corrected chi connectivity index (χ2v) is 3.20. The minimum absolute atomic E-state index is 0.779. The summed E-state index contributed by atoms with van der Waals surface area (Å²) in [5, 5.41) is 0. The highest BCUT2D eigenvalue weighted by atomic mass is 79.9. The average molecular weight is 239 g/mol. The maximum absolute atomic E-state index is 4.17. The molecular formula is C10H11BrN2. The lowest BCUT2D eigenvalue weighted by Crippen LogP contribution is -2.08. The molecule has 0 N–H and O–H groups in total. The van der Waals surface area contributed by atoms with Gasteiger partial charge in [-0.3, -0.25) is 9.98 Å². The van der Waals surface area contributed by atoms with Gasteiger partial charge < -0.3 is 0 Å². The second kappa shape index (κ2) is 4.92. The van der Waals surface area contributed by atoms with Gasteiger partial charge in [0.1, 0.15) is 4.62 Å². The van der Waals surface area contributed by atoms with Gasteiger partial charge in [0.15, 0.2) is 0 Å². The third-order valence-corrected chi connectivity index (χ3v) is 2.39. The van der Waals surface area contributed by atoms with Crippen molar-refractivity contribution in [3.8, 4) is 0 Å². The molecule has 0 saturated heterocycles. The number of aliphatic imine (C=N–C) groups is 2. The summed E-state index contributed by atoms with van der Waals surface area (Å²) in [5.74, 6) is 0. The molecule has 1 aromatic rings. The van der Waals surface area contributed by atoms with E-state index in [0.29, 0.717) is 0 Å². The van der Waals surface area contributed by atoms with Crippen LogP contribution in [0.15, 0.2) is 40.3 Å². The fourth-order valence-corrected chi connectivity index (χ4v) is 1.45. The quantitative estimate of drug-likeness (QED) is 0.708. The summed E-state index contributed by atoms with van der Waals surface area (Å²) < 4.78 is 0.779. The highest BCUT2D eigenvalue weighted by Gasteiger charge is 2.05. The molecule has 0 atom stereocenters. The normalized spacial score (nSPS) is 13.2. The van der Waals surface area contributed by atoms with Crippen molar-refractivity contribution in [1.82, 2.24) is 0 Å². The first-order valence-electron chi connectivity index (χ1n) is 3.94. The van der Waals surface area contributed by atoms with Crippen LogP contribution in [-0.2, 0) is 0 Å². The molecule has 13 heavy (non-hydrogen) atoms. The highest BCUT2D eigenvalue weighted by Crippen LogP contribution is 2.06. The molecule has 0 aliphatic rings. The molecule has 0 heterocycles. The molecule has 68 valence electrons.